The van der Waals surface area contributed by atoms with Gasteiger partial charge in [-0.2, -0.15) is 0 Å². The van der Waals surface area contributed by atoms with E-state index in [4.69, 9.17) is 9.47 Å². The van der Waals surface area contributed by atoms with Crippen LogP contribution >= 0.6 is 11.3 Å². The lowest BCUT2D eigenvalue weighted by Gasteiger charge is -2.20. The highest BCUT2D eigenvalue weighted by Crippen LogP contribution is 2.49. The van der Waals surface area contributed by atoms with Crippen molar-refractivity contribution >= 4 is 28.3 Å². The van der Waals surface area contributed by atoms with Crippen LogP contribution in [0.5, 0.6) is 5.75 Å². The van der Waals surface area contributed by atoms with Crippen LogP contribution < -0.4 is 10.1 Å². The Kier molecular flexibility index (Phi) is 5.62. The van der Waals surface area contributed by atoms with Crippen molar-refractivity contribution in [3.8, 4) is 17.0 Å². The third-order valence-corrected chi connectivity index (χ3v) is 6.57. The van der Waals surface area contributed by atoms with Crippen molar-refractivity contribution in [3.05, 3.63) is 29.6 Å². The first-order valence-electron chi connectivity index (χ1n) is 9.66. The van der Waals surface area contributed by atoms with Crippen LogP contribution in [0.25, 0.3) is 11.3 Å². The summed E-state index contributed by atoms with van der Waals surface area (Å²) in [5.41, 5.74) is 1.71. The number of esters is 1. The third-order valence-electron chi connectivity index (χ3n) is 5.81. The topological polar surface area (TPSA) is 77.5 Å². The predicted molar refractivity (Wildman–Crippen MR) is 107 cm³/mol. The fourth-order valence-electron chi connectivity index (χ4n) is 4.43. The van der Waals surface area contributed by atoms with Gasteiger partial charge in [-0.15, -0.1) is 11.3 Å². The number of fused-ring (bicyclic) bond motifs is 2. The fourth-order valence-corrected chi connectivity index (χ4v) is 5.16. The molecule has 1 N–H and O–H groups in total. The summed E-state index contributed by atoms with van der Waals surface area (Å²) in [7, 11) is 1.62. The van der Waals surface area contributed by atoms with Crippen molar-refractivity contribution in [2.75, 3.05) is 19.0 Å². The Morgan fingerprint density at radius 1 is 1.21 bits per heavy atom. The Morgan fingerprint density at radius 3 is 2.71 bits per heavy atom. The summed E-state index contributed by atoms with van der Waals surface area (Å²) >= 11 is 1.34. The average molecular weight is 401 g/mol. The van der Waals surface area contributed by atoms with Gasteiger partial charge in [0.05, 0.1) is 12.8 Å². The standard InChI is InChI=1S/C21H24N2O4S/c1-26-17-6-4-14(5-7-17)18-12-28-21(22-18)23-19(24)11-27-20(25)10-16-9-13-2-3-15(16)8-13/h4-7,12-13,15-16H,2-3,8-11H2,1H3,(H,22,23,24)/t13-,15-,16-/m1/s1. The maximum absolute atomic E-state index is 12.1. The zero-order chi connectivity index (χ0) is 19.5. The second-order valence-electron chi connectivity index (χ2n) is 7.61. The molecule has 2 aromatic rings. The molecule has 0 radical (unpaired) electrons. The maximum Gasteiger partial charge on any atom is 0.306 e. The number of ether oxygens (including phenoxy) is 2. The number of thiazole rings is 1. The van der Waals surface area contributed by atoms with Crippen molar-refractivity contribution in [1.29, 1.82) is 0 Å². The molecule has 2 aliphatic rings. The number of aromatic nitrogens is 1. The van der Waals surface area contributed by atoms with Gasteiger partial charge < -0.3 is 9.47 Å². The lowest BCUT2D eigenvalue weighted by Crippen LogP contribution is -2.23. The van der Waals surface area contributed by atoms with Crippen LogP contribution in [-0.4, -0.2) is 30.6 Å². The number of nitrogens with zero attached hydrogens (tertiary/aromatic N) is 1. The lowest BCUT2D eigenvalue weighted by atomic mass is 9.86. The van der Waals surface area contributed by atoms with Crippen LogP contribution in [0.2, 0.25) is 0 Å². The summed E-state index contributed by atoms with van der Waals surface area (Å²) in [5, 5.41) is 5.06. The van der Waals surface area contributed by atoms with E-state index >= 15 is 0 Å². The Hall–Kier alpha value is -2.41. The maximum atomic E-state index is 12.1. The number of benzene rings is 1. The molecular weight excluding hydrogens is 376 g/mol. The summed E-state index contributed by atoms with van der Waals surface area (Å²) in [6.07, 6.45) is 5.39. The summed E-state index contributed by atoms with van der Waals surface area (Å²) in [5.74, 6) is 2.07. The van der Waals surface area contributed by atoms with Crippen molar-refractivity contribution in [1.82, 2.24) is 4.98 Å². The van der Waals surface area contributed by atoms with Gasteiger partial charge in [-0.25, -0.2) is 4.98 Å². The number of carbonyl (C=O) groups excluding carboxylic acids is 2. The van der Waals surface area contributed by atoms with E-state index in [-0.39, 0.29) is 18.5 Å². The molecule has 7 heteroatoms. The minimum absolute atomic E-state index is 0.267. The molecule has 3 atom stereocenters. The van der Waals surface area contributed by atoms with E-state index in [0.29, 0.717) is 23.4 Å². The van der Waals surface area contributed by atoms with Crippen molar-refractivity contribution in [2.45, 2.75) is 32.1 Å². The van der Waals surface area contributed by atoms with Crippen LogP contribution in [0.15, 0.2) is 29.6 Å². The Balaban J connectivity index is 1.23. The number of methoxy groups -OCH3 is 1. The van der Waals surface area contributed by atoms with Gasteiger partial charge in [-0.3, -0.25) is 14.9 Å². The molecule has 1 heterocycles. The van der Waals surface area contributed by atoms with E-state index in [1.54, 1.807) is 7.11 Å². The number of carbonyl (C=O) groups is 2. The molecule has 0 saturated heterocycles. The zero-order valence-electron chi connectivity index (χ0n) is 15.8. The quantitative estimate of drug-likeness (QED) is 0.707. The molecule has 1 amide bonds. The number of hydrogen-bond donors (Lipinski definition) is 1. The molecule has 0 aliphatic heterocycles. The predicted octanol–water partition coefficient (Wildman–Crippen LogP) is 4.13. The van der Waals surface area contributed by atoms with E-state index in [9.17, 15) is 9.59 Å². The molecular formula is C21H24N2O4S. The molecule has 2 saturated carbocycles. The molecule has 1 aromatic carbocycles. The average Bonchev–Trinajstić information content (AvgIpc) is 3.44. The number of hydrogen-bond acceptors (Lipinski definition) is 6. The van der Waals surface area contributed by atoms with Crippen LogP contribution in [-0.2, 0) is 14.3 Å². The van der Waals surface area contributed by atoms with Gasteiger partial charge in [0.2, 0.25) is 0 Å². The van der Waals surface area contributed by atoms with E-state index < -0.39 is 0 Å². The second kappa shape index (κ2) is 8.31. The fraction of sp³-hybridized carbons (Fsp3) is 0.476. The number of amides is 1. The molecule has 148 valence electrons. The van der Waals surface area contributed by atoms with Gasteiger partial charge in [0.25, 0.3) is 5.91 Å². The van der Waals surface area contributed by atoms with Gasteiger partial charge in [0.1, 0.15) is 5.75 Å². The van der Waals surface area contributed by atoms with Gasteiger partial charge in [0.15, 0.2) is 11.7 Å². The normalized spacial score (nSPS) is 22.8. The highest BCUT2D eigenvalue weighted by molar-refractivity contribution is 7.14. The zero-order valence-corrected chi connectivity index (χ0v) is 16.7. The molecule has 6 nitrogen and oxygen atoms in total. The highest BCUT2D eigenvalue weighted by Gasteiger charge is 2.40. The van der Waals surface area contributed by atoms with Crippen molar-refractivity contribution in [2.24, 2.45) is 17.8 Å². The third kappa shape index (κ3) is 4.35. The Morgan fingerprint density at radius 2 is 2.04 bits per heavy atom. The van der Waals surface area contributed by atoms with Crippen LogP contribution in [0.4, 0.5) is 5.13 Å². The number of nitrogens with one attached hydrogen (secondary N) is 1. The van der Waals surface area contributed by atoms with Crippen molar-refractivity contribution < 1.29 is 19.1 Å². The molecule has 4 rings (SSSR count). The molecule has 0 spiro atoms. The molecule has 2 fully saturated rings. The van der Waals surface area contributed by atoms with Gasteiger partial charge >= 0.3 is 5.97 Å². The summed E-state index contributed by atoms with van der Waals surface area (Å²) < 4.78 is 10.3. The van der Waals surface area contributed by atoms with Crippen LogP contribution in [0.1, 0.15) is 32.1 Å². The number of rotatable bonds is 7. The van der Waals surface area contributed by atoms with Gasteiger partial charge in [-0.1, -0.05) is 6.42 Å². The van der Waals surface area contributed by atoms with Gasteiger partial charge in [-0.05, 0) is 61.3 Å². The molecule has 2 aliphatic carbocycles. The smallest absolute Gasteiger partial charge is 0.306 e. The summed E-state index contributed by atoms with van der Waals surface area (Å²) in [6, 6.07) is 7.55. The van der Waals surface area contributed by atoms with Crippen molar-refractivity contribution in [3.63, 3.8) is 0 Å². The first kappa shape index (κ1) is 18.9. The van der Waals surface area contributed by atoms with Crippen LogP contribution in [0.3, 0.4) is 0 Å². The lowest BCUT2D eigenvalue weighted by molar-refractivity contribution is -0.148. The SMILES string of the molecule is COc1ccc(-c2csc(NC(=O)COC(=O)C[C@H]3C[C@@H]4CC[C@@H]3C4)n2)cc1. The molecule has 1 aromatic heterocycles. The van der Waals surface area contributed by atoms with E-state index in [2.05, 4.69) is 10.3 Å². The first-order valence-corrected chi connectivity index (χ1v) is 10.5. The molecule has 0 unspecified atom stereocenters. The highest BCUT2D eigenvalue weighted by atomic mass is 32.1. The molecule has 28 heavy (non-hydrogen) atoms. The summed E-state index contributed by atoms with van der Waals surface area (Å²) in [4.78, 5) is 28.5. The second-order valence-corrected chi connectivity index (χ2v) is 8.47. The first-order chi connectivity index (χ1) is 13.6. The summed E-state index contributed by atoms with van der Waals surface area (Å²) in [6.45, 7) is -0.267. The van der Waals surface area contributed by atoms with E-state index in [0.717, 1.165) is 29.3 Å². The van der Waals surface area contributed by atoms with E-state index in [1.165, 1.54) is 30.6 Å². The van der Waals surface area contributed by atoms with E-state index in [1.807, 2.05) is 29.6 Å². The minimum atomic E-state index is -0.364. The largest absolute Gasteiger partial charge is 0.497 e. The Labute approximate surface area is 168 Å². The minimum Gasteiger partial charge on any atom is -0.497 e. The number of anilines is 1. The van der Waals surface area contributed by atoms with Crippen LogP contribution in [0, 0.1) is 17.8 Å². The Bertz CT molecular complexity index is 848. The monoisotopic (exact) mass is 400 g/mol. The molecule has 2 bridgehead atoms. The van der Waals surface area contributed by atoms with Gasteiger partial charge in [0, 0.05) is 17.4 Å².